The summed E-state index contributed by atoms with van der Waals surface area (Å²) in [5.41, 5.74) is 4.44. The second-order valence-electron chi connectivity index (χ2n) is 13.0. The Labute approximate surface area is 282 Å². The Morgan fingerprint density at radius 1 is 0.854 bits per heavy atom. The summed E-state index contributed by atoms with van der Waals surface area (Å²) in [5, 5.41) is 13.5. The zero-order valence-electron chi connectivity index (χ0n) is 27.6. The molecule has 2 N–H and O–H groups in total. The maximum absolute atomic E-state index is 12.9. The van der Waals surface area contributed by atoms with E-state index in [1.165, 1.54) is 4.90 Å². The van der Waals surface area contributed by atoms with Gasteiger partial charge in [-0.3, -0.25) is 9.69 Å². The third-order valence-electron chi connectivity index (χ3n) is 8.19. The maximum Gasteiger partial charge on any atom is 0.412 e. The Balaban J connectivity index is 1.30. The number of hydrogen-bond donors (Lipinski definition) is 2. The van der Waals surface area contributed by atoms with Crippen LogP contribution in [0.4, 0.5) is 15.3 Å². The smallest absolute Gasteiger partial charge is 0.412 e. The van der Waals surface area contributed by atoms with Crippen molar-refractivity contribution in [3.05, 3.63) is 120 Å². The van der Waals surface area contributed by atoms with Gasteiger partial charge < -0.3 is 19.9 Å². The van der Waals surface area contributed by atoms with Gasteiger partial charge in [-0.2, -0.15) is 0 Å². The highest BCUT2D eigenvalue weighted by Gasteiger charge is 2.32. The van der Waals surface area contributed by atoms with Crippen LogP contribution in [0.1, 0.15) is 67.9 Å². The molecule has 0 aromatic heterocycles. The first-order valence-corrected chi connectivity index (χ1v) is 16.3. The summed E-state index contributed by atoms with van der Waals surface area (Å²) >= 11 is 0. The number of carbonyl (C=O) groups is 3. The number of ether oxygens (including phenoxy) is 2. The van der Waals surface area contributed by atoms with Crippen LogP contribution in [0.2, 0.25) is 0 Å². The number of benzene rings is 4. The summed E-state index contributed by atoms with van der Waals surface area (Å²) in [4.78, 5) is 37.6. The number of rotatable bonds is 10. The minimum absolute atomic E-state index is 0.0646. The van der Waals surface area contributed by atoms with Gasteiger partial charge in [-0.05, 0) is 112 Å². The molecule has 0 atom stereocenters. The molecule has 1 fully saturated rings. The fourth-order valence-corrected chi connectivity index (χ4v) is 5.90. The molecular formula is C40H42N2O6. The molecule has 0 unspecified atom stereocenters. The largest absolute Gasteiger partial charge is 0.465 e. The highest BCUT2D eigenvalue weighted by Crippen LogP contribution is 2.37. The maximum atomic E-state index is 12.9. The Bertz CT molecular complexity index is 1720. The molecule has 248 valence electrons. The average Bonchev–Trinajstić information content (AvgIpc) is 3.06. The average molecular weight is 647 g/mol. The lowest BCUT2D eigenvalue weighted by Gasteiger charge is -2.36. The van der Waals surface area contributed by atoms with Gasteiger partial charge in [0.15, 0.2) is 0 Å². The molecule has 0 aliphatic heterocycles. The van der Waals surface area contributed by atoms with E-state index < -0.39 is 17.8 Å². The zero-order chi connectivity index (χ0) is 34.1. The summed E-state index contributed by atoms with van der Waals surface area (Å²) in [5.74, 6) is 1.36. The summed E-state index contributed by atoms with van der Waals surface area (Å²) in [6.45, 7) is 5.49. The molecule has 4 aromatic carbocycles. The van der Waals surface area contributed by atoms with Crippen LogP contribution >= 0.6 is 0 Å². The number of nitrogens with zero attached hydrogens (tertiary/aromatic N) is 1. The van der Waals surface area contributed by atoms with Gasteiger partial charge in [0.2, 0.25) is 0 Å². The van der Waals surface area contributed by atoms with Crippen molar-refractivity contribution in [2.45, 2.75) is 70.6 Å². The Hall–Kier alpha value is -5.37. The van der Waals surface area contributed by atoms with Crippen LogP contribution in [0.5, 0.6) is 11.5 Å². The minimum atomic E-state index is -1.00. The third-order valence-corrected chi connectivity index (χ3v) is 8.19. The van der Waals surface area contributed by atoms with Crippen molar-refractivity contribution in [1.29, 1.82) is 0 Å². The Morgan fingerprint density at radius 3 is 2.08 bits per heavy atom. The molecular weight excluding hydrogens is 604 g/mol. The monoisotopic (exact) mass is 646 g/mol. The van der Waals surface area contributed by atoms with E-state index in [4.69, 9.17) is 9.47 Å². The highest BCUT2D eigenvalue weighted by molar-refractivity contribution is 5.94. The number of amides is 2. The number of anilines is 1. The van der Waals surface area contributed by atoms with Gasteiger partial charge >= 0.3 is 12.2 Å². The molecule has 1 aliphatic carbocycles. The number of carboxylic acid groups (broad SMARTS) is 1. The van der Waals surface area contributed by atoms with E-state index in [1.807, 2.05) is 99.6 Å². The second kappa shape index (κ2) is 15.5. The van der Waals surface area contributed by atoms with E-state index in [2.05, 4.69) is 11.4 Å². The van der Waals surface area contributed by atoms with Gasteiger partial charge in [0.05, 0.1) is 5.69 Å². The fourth-order valence-electron chi connectivity index (χ4n) is 5.90. The topological polar surface area (TPSA) is 105 Å². The summed E-state index contributed by atoms with van der Waals surface area (Å²) < 4.78 is 11.3. The van der Waals surface area contributed by atoms with Gasteiger partial charge in [0.25, 0.3) is 0 Å². The lowest BCUT2D eigenvalue weighted by Crippen LogP contribution is -2.47. The molecule has 0 heterocycles. The normalized spacial score (nSPS) is 16.2. The third kappa shape index (κ3) is 9.35. The summed E-state index contributed by atoms with van der Waals surface area (Å²) in [7, 11) is 0. The van der Waals surface area contributed by atoms with Crippen LogP contribution in [-0.4, -0.2) is 41.3 Å². The number of hydrogen-bond acceptors (Lipinski definition) is 5. The Kier molecular flexibility index (Phi) is 11.0. The SMILES string of the molecule is CC(C)(C)OC(=O)NC1CCC(N(C(=O)O)c2cc(/C=C/Cc3ccc(Oc4ccc(C=O)cc4)cc3)ccc2-c2ccccc2)CC1. The summed E-state index contributed by atoms with van der Waals surface area (Å²) in [6, 6.07) is 30.3. The van der Waals surface area contributed by atoms with Crippen molar-refractivity contribution in [2.24, 2.45) is 0 Å². The van der Waals surface area contributed by atoms with Gasteiger partial charge in [0.1, 0.15) is 23.4 Å². The van der Waals surface area contributed by atoms with Crippen LogP contribution in [0, 0.1) is 0 Å². The number of nitrogens with one attached hydrogen (secondary N) is 1. The van der Waals surface area contributed by atoms with Gasteiger partial charge in [-0.25, -0.2) is 9.59 Å². The van der Waals surface area contributed by atoms with E-state index in [9.17, 15) is 19.5 Å². The molecule has 5 rings (SSSR count). The van der Waals surface area contributed by atoms with E-state index in [1.54, 1.807) is 24.3 Å². The number of carbonyl (C=O) groups excluding carboxylic acids is 2. The first-order chi connectivity index (χ1) is 23.1. The molecule has 0 spiro atoms. The van der Waals surface area contributed by atoms with Crippen molar-refractivity contribution in [3.8, 4) is 22.6 Å². The highest BCUT2D eigenvalue weighted by atomic mass is 16.6. The quantitative estimate of drug-likeness (QED) is 0.166. The van der Waals surface area contributed by atoms with E-state index in [0.29, 0.717) is 54.9 Å². The number of aldehydes is 1. The number of allylic oxidation sites excluding steroid dienone is 1. The molecule has 2 amide bonds. The molecule has 1 aliphatic rings. The van der Waals surface area contributed by atoms with E-state index in [-0.39, 0.29) is 12.1 Å². The van der Waals surface area contributed by atoms with Crippen LogP contribution in [0.25, 0.3) is 17.2 Å². The van der Waals surface area contributed by atoms with Crippen molar-refractivity contribution < 1.29 is 29.0 Å². The van der Waals surface area contributed by atoms with Crippen molar-refractivity contribution in [2.75, 3.05) is 4.90 Å². The Morgan fingerprint density at radius 2 is 1.48 bits per heavy atom. The van der Waals surface area contributed by atoms with Crippen molar-refractivity contribution >= 4 is 30.2 Å². The lowest BCUT2D eigenvalue weighted by atomic mass is 9.89. The molecule has 4 aromatic rings. The lowest BCUT2D eigenvalue weighted by molar-refractivity contribution is 0.0490. The first kappa shape index (κ1) is 34.0. The van der Waals surface area contributed by atoms with E-state index in [0.717, 1.165) is 28.5 Å². The zero-order valence-corrected chi connectivity index (χ0v) is 27.6. The molecule has 0 saturated heterocycles. The predicted octanol–water partition coefficient (Wildman–Crippen LogP) is 9.53. The molecule has 0 bridgehead atoms. The van der Waals surface area contributed by atoms with Gasteiger partial charge in [0, 0.05) is 23.2 Å². The minimum Gasteiger partial charge on any atom is -0.465 e. The molecule has 48 heavy (non-hydrogen) atoms. The molecule has 0 radical (unpaired) electrons. The van der Waals surface area contributed by atoms with Crippen LogP contribution in [-0.2, 0) is 11.2 Å². The van der Waals surface area contributed by atoms with Crippen LogP contribution < -0.4 is 15.0 Å². The van der Waals surface area contributed by atoms with Gasteiger partial charge in [-0.1, -0.05) is 66.7 Å². The fraction of sp³-hybridized carbons (Fsp3) is 0.275. The summed E-state index contributed by atoms with van der Waals surface area (Å²) in [6.07, 6.45) is 6.66. The van der Waals surface area contributed by atoms with Crippen molar-refractivity contribution in [3.63, 3.8) is 0 Å². The second-order valence-corrected chi connectivity index (χ2v) is 13.0. The van der Waals surface area contributed by atoms with Crippen LogP contribution in [0.15, 0.2) is 103 Å². The van der Waals surface area contributed by atoms with Crippen LogP contribution in [0.3, 0.4) is 0 Å². The first-order valence-electron chi connectivity index (χ1n) is 16.3. The predicted molar refractivity (Wildman–Crippen MR) is 189 cm³/mol. The molecule has 8 heteroatoms. The standard InChI is InChI=1S/C40H42N2O6/c1-40(2,3)48-38(44)41-32-17-19-33(20-18-32)42(39(45)46)37-26-29(16-25-36(37)31-10-5-4-6-11-31)9-7-8-28-12-21-34(22-13-28)47-35-23-14-30(27-43)15-24-35/h4-7,9-16,21-27,32-33H,8,17-20H2,1-3H3,(H,41,44)(H,45,46)/b9-7+. The molecule has 1 saturated carbocycles. The van der Waals surface area contributed by atoms with E-state index >= 15 is 0 Å². The molecule has 8 nitrogen and oxygen atoms in total. The number of alkyl carbamates (subject to hydrolysis) is 1. The van der Waals surface area contributed by atoms with Gasteiger partial charge in [-0.15, -0.1) is 0 Å². The van der Waals surface area contributed by atoms with Crippen molar-refractivity contribution in [1.82, 2.24) is 5.32 Å².